The number of methoxy groups -OCH3 is 2. The van der Waals surface area contributed by atoms with Crippen molar-refractivity contribution in [3.63, 3.8) is 0 Å². The number of imide groups is 1. The Morgan fingerprint density at radius 3 is 2.10 bits per heavy atom. The molecule has 0 N–H and O–H groups in total. The molecule has 2 aromatic rings. The summed E-state index contributed by atoms with van der Waals surface area (Å²) in [4.78, 5) is 33.7. The van der Waals surface area contributed by atoms with Crippen molar-refractivity contribution in [2.24, 2.45) is 0 Å². The van der Waals surface area contributed by atoms with E-state index in [-0.39, 0.29) is 17.8 Å². The van der Waals surface area contributed by atoms with E-state index >= 15 is 0 Å². The van der Waals surface area contributed by atoms with Crippen LogP contribution < -0.4 is 0 Å². The SMILES string of the molecule is COCCN(CCOC)C1=C(c2ccc(F)cc2)C(=O)N(Cc2ccncc2)C1=O. The molecule has 0 spiro atoms. The van der Waals surface area contributed by atoms with Gasteiger partial charge in [0.25, 0.3) is 11.8 Å². The summed E-state index contributed by atoms with van der Waals surface area (Å²) < 4.78 is 23.8. The van der Waals surface area contributed by atoms with Gasteiger partial charge in [-0.15, -0.1) is 0 Å². The Morgan fingerprint density at radius 2 is 1.53 bits per heavy atom. The molecule has 1 aromatic carbocycles. The van der Waals surface area contributed by atoms with E-state index in [1.165, 1.54) is 29.2 Å². The fraction of sp³-hybridized carbons (Fsp3) is 0.318. The third-order valence-electron chi connectivity index (χ3n) is 4.81. The summed E-state index contributed by atoms with van der Waals surface area (Å²) >= 11 is 0. The van der Waals surface area contributed by atoms with Crippen LogP contribution in [-0.4, -0.2) is 67.1 Å². The molecule has 0 aliphatic carbocycles. The lowest BCUT2D eigenvalue weighted by Crippen LogP contribution is -2.37. The number of pyridine rings is 1. The van der Waals surface area contributed by atoms with Gasteiger partial charge < -0.3 is 14.4 Å². The molecule has 0 atom stereocenters. The van der Waals surface area contributed by atoms with Gasteiger partial charge in [0.2, 0.25) is 0 Å². The highest BCUT2D eigenvalue weighted by atomic mass is 19.1. The second kappa shape index (κ2) is 10.1. The fourth-order valence-corrected chi connectivity index (χ4v) is 3.29. The minimum Gasteiger partial charge on any atom is -0.383 e. The number of carbonyl (C=O) groups excluding carboxylic acids is 2. The van der Waals surface area contributed by atoms with Gasteiger partial charge in [0.15, 0.2) is 0 Å². The molecule has 0 saturated heterocycles. The number of benzene rings is 1. The molecule has 3 rings (SSSR count). The molecule has 1 aliphatic rings. The zero-order chi connectivity index (χ0) is 21.5. The molecule has 0 bridgehead atoms. The van der Waals surface area contributed by atoms with Crippen LogP contribution in [0, 0.1) is 5.82 Å². The van der Waals surface area contributed by atoms with Crippen molar-refractivity contribution in [2.75, 3.05) is 40.5 Å². The van der Waals surface area contributed by atoms with E-state index in [9.17, 15) is 14.0 Å². The zero-order valence-electron chi connectivity index (χ0n) is 17.0. The van der Waals surface area contributed by atoms with Gasteiger partial charge in [0.1, 0.15) is 11.5 Å². The van der Waals surface area contributed by atoms with Crippen molar-refractivity contribution in [1.82, 2.24) is 14.8 Å². The van der Waals surface area contributed by atoms with Crippen LogP contribution in [0.3, 0.4) is 0 Å². The van der Waals surface area contributed by atoms with Crippen molar-refractivity contribution in [3.8, 4) is 0 Å². The highest BCUT2D eigenvalue weighted by molar-refractivity contribution is 6.35. The van der Waals surface area contributed by atoms with Crippen LogP contribution in [0.2, 0.25) is 0 Å². The largest absolute Gasteiger partial charge is 0.383 e. The van der Waals surface area contributed by atoms with Gasteiger partial charge in [-0.25, -0.2) is 4.39 Å². The van der Waals surface area contributed by atoms with Crippen LogP contribution in [0.25, 0.3) is 5.57 Å². The van der Waals surface area contributed by atoms with Crippen molar-refractivity contribution >= 4 is 17.4 Å². The second-order valence-electron chi connectivity index (χ2n) is 6.76. The summed E-state index contributed by atoms with van der Waals surface area (Å²) in [5.74, 6) is -1.23. The van der Waals surface area contributed by atoms with Gasteiger partial charge in [-0.1, -0.05) is 12.1 Å². The molecule has 2 heterocycles. The first-order valence-corrected chi connectivity index (χ1v) is 9.55. The molecule has 8 heteroatoms. The summed E-state index contributed by atoms with van der Waals surface area (Å²) in [6.07, 6.45) is 3.22. The Morgan fingerprint density at radius 1 is 0.933 bits per heavy atom. The van der Waals surface area contributed by atoms with Gasteiger partial charge in [0, 0.05) is 39.7 Å². The molecule has 30 heavy (non-hydrogen) atoms. The molecule has 1 aliphatic heterocycles. The van der Waals surface area contributed by atoms with Crippen LogP contribution in [0.15, 0.2) is 54.5 Å². The van der Waals surface area contributed by atoms with E-state index in [1.807, 2.05) is 0 Å². The normalized spacial score (nSPS) is 14.0. The van der Waals surface area contributed by atoms with E-state index in [4.69, 9.17) is 9.47 Å². The molecular formula is C22H24FN3O4. The van der Waals surface area contributed by atoms with E-state index < -0.39 is 17.6 Å². The smallest absolute Gasteiger partial charge is 0.278 e. The molecule has 0 saturated carbocycles. The average Bonchev–Trinajstić information content (AvgIpc) is 3.00. The quantitative estimate of drug-likeness (QED) is 0.556. The maximum absolute atomic E-state index is 13.5. The second-order valence-corrected chi connectivity index (χ2v) is 6.76. The number of halogens is 1. The first-order valence-electron chi connectivity index (χ1n) is 9.55. The van der Waals surface area contributed by atoms with Gasteiger partial charge >= 0.3 is 0 Å². The Labute approximate surface area is 174 Å². The number of rotatable bonds is 10. The highest BCUT2D eigenvalue weighted by Crippen LogP contribution is 2.32. The molecule has 158 valence electrons. The van der Waals surface area contributed by atoms with Gasteiger partial charge in [-0.3, -0.25) is 19.5 Å². The Bertz CT molecular complexity index is 908. The van der Waals surface area contributed by atoms with Crippen molar-refractivity contribution < 1.29 is 23.5 Å². The van der Waals surface area contributed by atoms with Gasteiger partial charge in [-0.2, -0.15) is 0 Å². The van der Waals surface area contributed by atoms with Crippen LogP contribution >= 0.6 is 0 Å². The molecule has 2 amide bonds. The van der Waals surface area contributed by atoms with Crippen molar-refractivity contribution in [1.29, 1.82) is 0 Å². The summed E-state index contributed by atoms with van der Waals surface area (Å²) in [5.41, 5.74) is 1.80. The van der Waals surface area contributed by atoms with Crippen molar-refractivity contribution in [2.45, 2.75) is 6.54 Å². The average molecular weight is 413 g/mol. The van der Waals surface area contributed by atoms with Crippen LogP contribution in [0.4, 0.5) is 4.39 Å². The maximum atomic E-state index is 13.5. The van der Waals surface area contributed by atoms with Gasteiger partial charge in [-0.05, 0) is 35.4 Å². The number of aromatic nitrogens is 1. The van der Waals surface area contributed by atoms with Gasteiger partial charge in [0.05, 0.1) is 25.3 Å². The predicted octanol–water partition coefficient (Wildman–Crippen LogP) is 2.10. The molecule has 7 nitrogen and oxygen atoms in total. The number of hydrogen-bond acceptors (Lipinski definition) is 6. The number of hydrogen-bond donors (Lipinski definition) is 0. The predicted molar refractivity (Wildman–Crippen MR) is 108 cm³/mol. The molecule has 0 unspecified atom stereocenters. The summed E-state index contributed by atoms with van der Waals surface area (Å²) in [6, 6.07) is 9.08. The minimum atomic E-state index is -0.418. The topological polar surface area (TPSA) is 72.0 Å². The standard InChI is InChI=1S/C22H24FN3O4/c1-29-13-11-25(12-14-30-2)20-19(17-3-5-18(23)6-4-17)21(27)26(22(20)28)15-16-7-9-24-10-8-16/h3-10H,11-15H2,1-2H3. The zero-order valence-corrected chi connectivity index (χ0v) is 17.0. The first-order chi connectivity index (χ1) is 14.6. The van der Waals surface area contributed by atoms with E-state index in [1.54, 1.807) is 43.6 Å². The lowest BCUT2D eigenvalue weighted by Gasteiger charge is -2.25. The molecule has 1 aromatic heterocycles. The summed E-state index contributed by atoms with van der Waals surface area (Å²) in [5, 5.41) is 0. The molecular weight excluding hydrogens is 389 g/mol. The third kappa shape index (κ3) is 4.72. The monoisotopic (exact) mass is 413 g/mol. The Balaban J connectivity index is 2.03. The van der Waals surface area contributed by atoms with Crippen LogP contribution in [0.1, 0.15) is 11.1 Å². The molecule has 0 fully saturated rings. The number of carbonyl (C=O) groups is 2. The highest BCUT2D eigenvalue weighted by Gasteiger charge is 2.41. The van der Waals surface area contributed by atoms with Crippen molar-refractivity contribution in [3.05, 3.63) is 71.4 Å². The number of nitrogens with zero attached hydrogens (tertiary/aromatic N) is 3. The third-order valence-corrected chi connectivity index (χ3v) is 4.81. The lowest BCUT2D eigenvalue weighted by molar-refractivity contribution is -0.138. The minimum absolute atomic E-state index is 0.122. The Kier molecular flexibility index (Phi) is 7.26. The molecule has 0 radical (unpaired) electrons. The van der Waals surface area contributed by atoms with E-state index in [0.717, 1.165) is 5.56 Å². The number of amides is 2. The van der Waals surface area contributed by atoms with E-state index in [2.05, 4.69) is 4.98 Å². The number of ether oxygens (including phenoxy) is 2. The first kappa shape index (κ1) is 21.6. The summed E-state index contributed by atoms with van der Waals surface area (Å²) in [6.45, 7) is 1.67. The maximum Gasteiger partial charge on any atom is 0.278 e. The fourth-order valence-electron chi connectivity index (χ4n) is 3.29. The summed E-state index contributed by atoms with van der Waals surface area (Å²) in [7, 11) is 3.14. The lowest BCUT2D eigenvalue weighted by atomic mass is 10.0. The van der Waals surface area contributed by atoms with E-state index in [0.29, 0.717) is 31.9 Å². The van der Waals surface area contributed by atoms with Crippen LogP contribution in [-0.2, 0) is 25.6 Å². The van der Waals surface area contributed by atoms with Crippen LogP contribution in [0.5, 0.6) is 0 Å². The Hall–Kier alpha value is -3.10.